The van der Waals surface area contributed by atoms with Gasteiger partial charge in [0.15, 0.2) is 0 Å². The molecule has 1 aromatic carbocycles. The molecule has 1 aliphatic rings. The van der Waals surface area contributed by atoms with E-state index in [0.717, 1.165) is 19.3 Å². The van der Waals surface area contributed by atoms with Crippen molar-refractivity contribution in [1.29, 1.82) is 0 Å². The molecular formula is C16H22N2O6S. The maximum Gasteiger partial charge on any atom is 0.329 e. The molecule has 1 aliphatic heterocycles. The number of carbonyl (C=O) groups is 2. The second-order valence-electron chi connectivity index (χ2n) is 5.69. The number of ether oxygens (including phenoxy) is 1. The molecule has 0 spiro atoms. The number of amides is 1. The number of benzene rings is 1. The minimum absolute atomic E-state index is 0.0828. The van der Waals surface area contributed by atoms with Crippen molar-refractivity contribution >= 4 is 21.9 Å². The van der Waals surface area contributed by atoms with E-state index in [1.165, 1.54) is 28.6 Å². The first-order valence-corrected chi connectivity index (χ1v) is 9.53. The van der Waals surface area contributed by atoms with E-state index in [1.54, 1.807) is 0 Å². The topological polar surface area (TPSA) is 113 Å². The summed E-state index contributed by atoms with van der Waals surface area (Å²) in [6.07, 6.45) is 2.77. The van der Waals surface area contributed by atoms with E-state index < -0.39 is 22.6 Å². The van der Waals surface area contributed by atoms with Crippen LogP contribution in [0.25, 0.3) is 0 Å². The van der Waals surface area contributed by atoms with Crippen LogP contribution >= 0.6 is 0 Å². The molecule has 1 aromatic rings. The molecule has 25 heavy (non-hydrogen) atoms. The van der Waals surface area contributed by atoms with E-state index >= 15 is 0 Å². The average Bonchev–Trinajstić information content (AvgIpc) is 2.62. The number of aliphatic carboxylic acids is 1. The first-order valence-electron chi connectivity index (χ1n) is 8.09. The highest BCUT2D eigenvalue weighted by Crippen LogP contribution is 2.20. The number of carboxylic acids is 1. The molecule has 2 rings (SSSR count). The smallest absolute Gasteiger partial charge is 0.329 e. The van der Waals surface area contributed by atoms with Crippen molar-refractivity contribution in [2.75, 3.05) is 32.8 Å². The van der Waals surface area contributed by atoms with Gasteiger partial charge in [0.05, 0.1) is 11.5 Å². The Kier molecular flexibility index (Phi) is 6.91. The lowest BCUT2D eigenvalue weighted by Crippen LogP contribution is -2.35. The second-order valence-corrected chi connectivity index (χ2v) is 7.63. The first kappa shape index (κ1) is 19.4. The largest absolute Gasteiger partial charge is 0.480 e. The SMILES string of the molecule is O=C(O)COCCNC(=O)c1ccc(S(=O)(=O)N2CCCCC2)cc1. The Labute approximate surface area is 146 Å². The van der Waals surface area contributed by atoms with Gasteiger partial charge in [-0.15, -0.1) is 0 Å². The predicted molar refractivity (Wildman–Crippen MR) is 89.8 cm³/mol. The van der Waals surface area contributed by atoms with Crippen molar-refractivity contribution in [1.82, 2.24) is 9.62 Å². The number of hydrogen-bond acceptors (Lipinski definition) is 5. The van der Waals surface area contributed by atoms with Gasteiger partial charge in [-0.05, 0) is 37.1 Å². The Morgan fingerprint density at radius 3 is 2.36 bits per heavy atom. The van der Waals surface area contributed by atoms with Crippen molar-refractivity contribution in [3.63, 3.8) is 0 Å². The van der Waals surface area contributed by atoms with E-state index in [9.17, 15) is 18.0 Å². The molecule has 1 heterocycles. The maximum absolute atomic E-state index is 12.5. The summed E-state index contributed by atoms with van der Waals surface area (Å²) in [5, 5.41) is 11.0. The van der Waals surface area contributed by atoms with Crippen molar-refractivity contribution in [2.45, 2.75) is 24.2 Å². The van der Waals surface area contributed by atoms with Crippen molar-refractivity contribution in [2.24, 2.45) is 0 Å². The molecule has 1 fully saturated rings. The first-order chi connectivity index (χ1) is 11.9. The van der Waals surface area contributed by atoms with Crippen LogP contribution in [0.1, 0.15) is 29.6 Å². The van der Waals surface area contributed by atoms with Gasteiger partial charge < -0.3 is 15.2 Å². The zero-order valence-corrected chi connectivity index (χ0v) is 14.6. The number of nitrogens with one attached hydrogen (secondary N) is 1. The Bertz CT molecular complexity index is 696. The molecule has 0 saturated carbocycles. The summed E-state index contributed by atoms with van der Waals surface area (Å²) < 4.78 is 31.3. The molecule has 1 amide bonds. The summed E-state index contributed by atoms with van der Waals surface area (Å²) in [7, 11) is -3.51. The van der Waals surface area contributed by atoms with Crippen LogP contribution in [0, 0.1) is 0 Å². The molecule has 9 heteroatoms. The third-order valence-electron chi connectivity index (χ3n) is 3.83. The standard InChI is InChI=1S/C16H22N2O6S/c19-15(20)12-24-11-8-17-16(21)13-4-6-14(7-5-13)25(22,23)18-9-2-1-3-10-18/h4-7H,1-3,8-12H2,(H,17,21)(H,19,20). The molecule has 0 aromatic heterocycles. The third kappa shape index (κ3) is 5.52. The van der Waals surface area contributed by atoms with Gasteiger partial charge in [-0.3, -0.25) is 4.79 Å². The Hall–Kier alpha value is -1.97. The van der Waals surface area contributed by atoms with E-state index in [4.69, 9.17) is 9.84 Å². The van der Waals surface area contributed by atoms with Gasteiger partial charge >= 0.3 is 5.97 Å². The maximum atomic E-state index is 12.5. The third-order valence-corrected chi connectivity index (χ3v) is 5.74. The summed E-state index contributed by atoms with van der Waals surface area (Å²) in [6.45, 7) is 0.889. The zero-order valence-electron chi connectivity index (χ0n) is 13.8. The number of piperidine rings is 1. The van der Waals surface area contributed by atoms with Gasteiger partial charge in [0.2, 0.25) is 10.0 Å². The molecule has 0 atom stereocenters. The van der Waals surface area contributed by atoms with Crippen molar-refractivity contribution < 1.29 is 27.9 Å². The number of carboxylic acid groups (broad SMARTS) is 1. The highest BCUT2D eigenvalue weighted by molar-refractivity contribution is 7.89. The average molecular weight is 370 g/mol. The molecule has 138 valence electrons. The lowest BCUT2D eigenvalue weighted by Gasteiger charge is -2.25. The molecule has 0 unspecified atom stereocenters. The van der Waals surface area contributed by atoms with E-state index in [0.29, 0.717) is 18.7 Å². The van der Waals surface area contributed by atoms with Gasteiger partial charge in [-0.25, -0.2) is 13.2 Å². The highest BCUT2D eigenvalue weighted by atomic mass is 32.2. The van der Waals surface area contributed by atoms with Crippen LogP contribution < -0.4 is 5.32 Å². The fraction of sp³-hybridized carbons (Fsp3) is 0.500. The minimum Gasteiger partial charge on any atom is -0.480 e. The molecule has 0 radical (unpaired) electrons. The van der Waals surface area contributed by atoms with Crippen LogP contribution in [0.4, 0.5) is 0 Å². The van der Waals surface area contributed by atoms with Gasteiger partial charge in [0.25, 0.3) is 5.91 Å². The van der Waals surface area contributed by atoms with Gasteiger partial charge in [-0.1, -0.05) is 6.42 Å². The summed E-state index contributed by atoms with van der Waals surface area (Å²) in [4.78, 5) is 22.4. The minimum atomic E-state index is -3.51. The van der Waals surface area contributed by atoms with Crippen LogP contribution in [0.15, 0.2) is 29.2 Å². The second kappa shape index (κ2) is 8.93. The molecule has 8 nitrogen and oxygen atoms in total. The lowest BCUT2D eigenvalue weighted by molar-refractivity contribution is -0.142. The zero-order chi connectivity index (χ0) is 18.3. The molecule has 0 bridgehead atoms. The summed E-state index contributed by atoms with van der Waals surface area (Å²) in [6, 6.07) is 5.79. The summed E-state index contributed by atoms with van der Waals surface area (Å²) in [5.41, 5.74) is 0.329. The van der Waals surface area contributed by atoms with Crippen LogP contribution in [0.5, 0.6) is 0 Å². The molecule has 0 aliphatic carbocycles. The molecule has 1 saturated heterocycles. The van der Waals surface area contributed by atoms with E-state index in [2.05, 4.69) is 5.32 Å². The quantitative estimate of drug-likeness (QED) is 0.651. The predicted octanol–water partition coefficient (Wildman–Crippen LogP) is 0.692. The van der Waals surface area contributed by atoms with Gasteiger partial charge in [0, 0.05) is 25.2 Å². The molecule has 2 N–H and O–H groups in total. The van der Waals surface area contributed by atoms with Crippen LogP contribution in [0.2, 0.25) is 0 Å². The number of hydrogen-bond donors (Lipinski definition) is 2. The highest BCUT2D eigenvalue weighted by Gasteiger charge is 2.25. The normalized spacial score (nSPS) is 15.7. The fourth-order valence-corrected chi connectivity index (χ4v) is 4.05. The lowest BCUT2D eigenvalue weighted by atomic mass is 10.2. The van der Waals surface area contributed by atoms with E-state index in [1.807, 2.05) is 0 Å². The number of rotatable bonds is 8. The van der Waals surface area contributed by atoms with Gasteiger partial charge in [-0.2, -0.15) is 4.31 Å². The van der Waals surface area contributed by atoms with Crippen LogP contribution in [-0.2, 0) is 19.6 Å². The number of carbonyl (C=O) groups excluding carboxylic acids is 1. The fourth-order valence-electron chi connectivity index (χ4n) is 2.53. The number of sulfonamides is 1. The summed E-state index contributed by atoms with van der Waals surface area (Å²) in [5.74, 6) is -1.45. The van der Waals surface area contributed by atoms with Crippen LogP contribution in [-0.4, -0.2) is 62.6 Å². The summed E-state index contributed by atoms with van der Waals surface area (Å²) >= 11 is 0. The molecular weight excluding hydrogens is 348 g/mol. The Morgan fingerprint density at radius 1 is 1.12 bits per heavy atom. The monoisotopic (exact) mass is 370 g/mol. The van der Waals surface area contributed by atoms with E-state index in [-0.39, 0.29) is 24.0 Å². The van der Waals surface area contributed by atoms with Crippen molar-refractivity contribution in [3.8, 4) is 0 Å². The Balaban J connectivity index is 1.90. The van der Waals surface area contributed by atoms with Crippen LogP contribution in [0.3, 0.4) is 0 Å². The Morgan fingerprint density at radius 2 is 1.76 bits per heavy atom. The van der Waals surface area contributed by atoms with Gasteiger partial charge in [0.1, 0.15) is 6.61 Å². The van der Waals surface area contributed by atoms with Crippen molar-refractivity contribution in [3.05, 3.63) is 29.8 Å². The number of nitrogens with zero attached hydrogens (tertiary/aromatic N) is 1.